The number of aromatic nitrogens is 3. The quantitative estimate of drug-likeness (QED) is 0.616. The molecule has 2 aliphatic rings. The van der Waals surface area contributed by atoms with Crippen LogP contribution in [0.25, 0.3) is 5.13 Å². The number of hydrogen-bond donors (Lipinski definition) is 0. The van der Waals surface area contributed by atoms with Crippen LogP contribution in [0, 0.1) is 5.92 Å². The molecule has 8 heteroatoms. The summed E-state index contributed by atoms with van der Waals surface area (Å²) in [7, 11) is 0. The van der Waals surface area contributed by atoms with Crippen molar-refractivity contribution in [2.75, 3.05) is 44.2 Å². The maximum Gasteiger partial charge on any atom is 0.225 e. The van der Waals surface area contributed by atoms with Crippen molar-refractivity contribution in [1.82, 2.24) is 24.6 Å². The molecule has 31 heavy (non-hydrogen) atoms. The van der Waals surface area contributed by atoms with Crippen molar-refractivity contribution < 1.29 is 4.79 Å². The van der Waals surface area contributed by atoms with Gasteiger partial charge >= 0.3 is 0 Å². The summed E-state index contributed by atoms with van der Waals surface area (Å²) in [6.45, 7) is 6.27. The fourth-order valence-electron chi connectivity index (χ4n) is 4.45. The topological polar surface area (TPSA) is 57.5 Å². The van der Waals surface area contributed by atoms with E-state index in [0.717, 1.165) is 68.9 Å². The van der Waals surface area contributed by atoms with Gasteiger partial charge in [0.1, 0.15) is 0 Å². The van der Waals surface area contributed by atoms with Crippen LogP contribution < -0.4 is 4.90 Å². The van der Waals surface area contributed by atoms with Gasteiger partial charge in [0.15, 0.2) is 0 Å². The van der Waals surface area contributed by atoms with E-state index in [0.29, 0.717) is 5.91 Å². The molecule has 2 aliphatic heterocycles. The number of carbonyl (C=O) groups excluding carboxylic acids is 1. The molecular weight excluding hydrogens is 408 g/mol. The third-order valence-electron chi connectivity index (χ3n) is 6.28. The molecule has 2 aromatic heterocycles. The van der Waals surface area contributed by atoms with Crippen LogP contribution in [0.5, 0.6) is 0 Å². The third kappa shape index (κ3) is 4.65. The van der Waals surface area contributed by atoms with Crippen molar-refractivity contribution in [2.45, 2.75) is 19.4 Å². The van der Waals surface area contributed by atoms with E-state index in [4.69, 9.17) is 0 Å². The van der Waals surface area contributed by atoms with Gasteiger partial charge in [-0.15, -0.1) is 10.2 Å². The molecule has 4 heterocycles. The molecule has 3 aromatic rings. The van der Waals surface area contributed by atoms with Crippen molar-refractivity contribution in [3.05, 3.63) is 60.4 Å². The molecule has 0 spiro atoms. The van der Waals surface area contributed by atoms with Crippen LogP contribution in [0.3, 0.4) is 0 Å². The minimum absolute atomic E-state index is 0.133. The highest BCUT2D eigenvalue weighted by Crippen LogP contribution is 2.28. The van der Waals surface area contributed by atoms with Gasteiger partial charge in [0, 0.05) is 64.1 Å². The Bertz CT molecular complexity index is 973. The van der Waals surface area contributed by atoms with Crippen molar-refractivity contribution in [1.29, 1.82) is 0 Å². The van der Waals surface area contributed by atoms with E-state index in [1.807, 2.05) is 29.1 Å². The second-order valence-corrected chi connectivity index (χ2v) is 9.24. The molecule has 2 fully saturated rings. The Kier molecular flexibility index (Phi) is 5.99. The molecule has 1 aromatic carbocycles. The van der Waals surface area contributed by atoms with E-state index in [2.05, 4.69) is 55.2 Å². The first-order valence-corrected chi connectivity index (χ1v) is 11.8. The summed E-state index contributed by atoms with van der Waals surface area (Å²) in [6, 6.07) is 14.5. The zero-order chi connectivity index (χ0) is 21.0. The number of benzene rings is 1. The number of piperazine rings is 1. The lowest BCUT2D eigenvalue weighted by atomic mass is 9.95. The largest absolute Gasteiger partial charge is 0.347 e. The summed E-state index contributed by atoms with van der Waals surface area (Å²) >= 11 is 1.60. The van der Waals surface area contributed by atoms with Gasteiger partial charge in [0.2, 0.25) is 16.2 Å². The van der Waals surface area contributed by atoms with Crippen LogP contribution in [-0.2, 0) is 11.3 Å². The van der Waals surface area contributed by atoms with E-state index >= 15 is 0 Å². The molecule has 2 saturated heterocycles. The zero-order valence-corrected chi connectivity index (χ0v) is 18.5. The Balaban J connectivity index is 1.10. The summed E-state index contributed by atoms with van der Waals surface area (Å²) in [5.41, 5.74) is 1.34. The van der Waals surface area contributed by atoms with Crippen molar-refractivity contribution >= 4 is 22.4 Å². The molecule has 0 bridgehead atoms. The van der Waals surface area contributed by atoms with Crippen LogP contribution >= 0.6 is 11.3 Å². The van der Waals surface area contributed by atoms with Crippen LogP contribution in [0.1, 0.15) is 18.4 Å². The monoisotopic (exact) mass is 436 g/mol. The Morgan fingerprint density at radius 1 is 0.871 bits per heavy atom. The molecule has 0 radical (unpaired) electrons. The Morgan fingerprint density at radius 2 is 1.55 bits per heavy atom. The van der Waals surface area contributed by atoms with Crippen LogP contribution in [0.2, 0.25) is 0 Å². The number of nitrogens with zero attached hydrogens (tertiary/aromatic N) is 6. The highest BCUT2D eigenvalue weighted by Gasteiger charge is 2.31. The first-order valence-electron chi connectivity index (χ1n) is 11.0. The van der Waals surface area contributed by atoms with E-state index in [9.17, 15) is 4.79 Å². The third-order valence-corrected chi connectivity index (χ3v) is 7.27. The fraction of sp³-hybridized carbons (Fsp3) is 0.435. The van der Waals surface area contributed by atoms with Crippen LogP contribution in [0.15, 0.2) is 54.9 Å². The fourth-order valence-corrected chi connectivity index (χ4v) is 5.31. The summed E-state index contributed by atoms with van der Waals surface area (Å²) in [4.78, 5) is 19.9. The molecule has 0 atom stereocenters. The smallest absolute Gasteiger partial charge is 0.225 e. The lowest BCUT2D eigenvalue weighted by Crippen LogP contribution is -2.51. The van der Waals surface area contributed by atoms with Crippen molar-refractivity contribution in [3.63, 3.8) is 0 Å². The second kappa shape index (κ2) is 9.20. The normalized spacial score (nSPS) is 18.5. The number of amides is 1. The van der Waals surface area contributed by atoms with Gasteiger partial charge in [0.25, 0.3) is 0 Å². The number of anilines is 1. The molecule has 5 rings (SSSR count). The lowest BCUT2D eigenvalue weighted by molar-refractivity contribution is -0.138. The highest BCUT2D eigenvalue weighted by atomic mass is 32.1. The van der Waals surface area contributed by atoms with E-state index in [1.54, 1.807) is 11.3 Å². The maximum absolute atomic E-state index is 13.1. The Hall–Kier alpha value is -2.71. The van der Waals surface area contributed by atoms with Gasteiger partial charge < -0.3 is 9.80 Å². The molecule has 7 nitrogen and oxygen atoms in total. The number of carbonyl (C=O) groups is 1. The maximum atomic E-state index is 13.1. The van der Waals surface area contributed by atoms with Gasteiger partial charge in [-0.05, 0) is 30.5 Å². The number of hydrogen-bond acceptors (Lipinski definition) is 6. The van der Waals surface area contributed by atoms with Gasteiger partial charge in [-0.2, -0.15) is 0 Å². The average Bonchev–Trinajstić information content (AvgIpc) is 3.52. The van der Waals surface area contributed by atoms with Crippen LogP contribution in [0.4, 0.5) is 5.13 Å². The summed E-state index contributed by atoms with van der Waals surface area (Å²) < 4.78 is 1.98. The Morgan fingerprint density at radius 3 is 2.26 bits per heavy atom. The van der Waals surface area contributed by atoms with Crippen molar-refractivity contribution in [3.8, 4) is 5.13 Å². The SMILES string of the molecule is O=C(C1CCN(c2nnc(-n3cccc3)s2)CC1)N1CCN(Cc2ccccc2)CC1. The molecule has 0 saturated carbocycles. The minimum Gasteiger partial charge on any atom is -0.347 e. The Labute approximate surface area is 186 Å². The zero-order valence-electron chi connectivity index (χ0n) is 17.6. The molecule has 1 amide bonds. The first kappa shape index (κ1) is 20.2. The second-order valence-electron chi connectivity index (χ2n) is 8.31. The molecular formula is C23H28N6OS. The van der Waals surface area contributed by atoms with Gasteiger partial charge in [-0.3, -0.25) is 14.3 Å². The molecule has 0 unspecified atom stereocenters. The molecule has 0 aliphatic carbocycles. The van der Waals surface area contributed by atoms with Gasteiger partial charge in [0.05, 0.1) is 0 Å². The summed E-state index contributed by atoms with van der Waals surface area (Å²) in [6.07, 6.45) is 5.74. The van der Waals surface area contributed by atoms with Crippen molar-refractivity contribution in [2.24, 2.45) is 5.92 Å². The summed E-state index contributed by atoms with van der Waals surface area (Å²) in [5, 5.41) is 10.5. The predicted octanol–water partition coefficient (Wildman–Crippen LogP) is 2.89. The standard InChI is InChI=1S/C23H28N6OS/c30-21(27-16-14-26(15-17-27)18-19-6-2-1-3-7-19)20-8-12-29(13-9-20)23-25-24-22(31-23)28-10-4-5-11-28/h1-7,10-11,20H,8-9,12-18H2. The highest BCUT2D eigenvalue weighted by molar-refractivity contribution is 7.17. The van der Waals surface area contributed by atoms with Gasteiger partial charge in [-0.25, -0.2) is 0 Å². The molecule has 0 N–H and O–H groups in total. The van der Waals surface area contributed by atoms with E-state index < -0.39 is 0 Å². The first-order chi connectivity index (χ1) is 15.3. The predicted molar refractivity (Wildman–Crippen MR) is 122 cm³/mol. The average molecular weight is 437 g/mol. The number of rotatable bonds is 5. The molecule has 162 valence electrons. The summed E-state index contributed by atoms with van der Waals surface area (Å²) in [5.74, 6) is 0.470. The minimum atomic E-state index is 0.133. The van der Waals surface area contributed by atoms with E-state index in [1.165, 1.54) is 5.56 Å². The number of piperidine rings is 1. The van der Waals surface area contributed by atoms with Crippen LogP contribution in [-0.4, -0.2) is 69.7 Å². The lowest BCUT2D eigenvalue weighted by Gasteiger charge is -2.38. The van der Waals surface area contributed by atoms with Gasteiger partial charge in [-0.1, -0.05) is 41.7 Å². The van der Waals surface area contributed by atoms with E-state index in [-0.39, 0.29) is 5.92 Å².